The molecule has 0 spiro atoms. The third kappa shape index (κ3) is 4.73. The van der Waals surface area contributed by atoms with Crippen LogP contribution in [0.3, 0.4) is 0 Å². The van der Waals surface area contributed by atoms with Crippen LogP contribution in [0.15, 0.2) is 65.3 Å². The first kappa shape index (κ1) is 20.6. The second-order valence-electron chi connectivity index (χ2n) is 7.06. The van der Waals surface area contributed by atoms with Crippen molar-refractivity contribution in [3.8, 4) is 0 Å². The number of nitrogens with one attached hydrogen (secondary N) is 2. The summed E-state index contributed by atoms with van der Waals surface area (Å²) < 4.78 is 5.28. The van der Waals surface area contributed by atoms with Gasteiger partial charge in [-0.05, 0) is 49.2 Å². The highest BCUT2D eigenvalue weighted by atomic mass is 32.1. The van der Waals surface area contributed by atoms with E-state index in [1.165, 1.54) is 17.4 Å². The highest BCUT2D eigenvalue weighted by molar-refractivity contribution is 7.21. The molecule has 156 valence electrons. The van der Waals surface area contributed by atoms with Gasteiger partial charge in [0.1, 0.15) is 15.5 Å². The molecule has 2 amide bonds. The molecule has 3 heterocycles. The molecular formula is C24H21N3O3S. The maximum absolute atomic E-state index is 12.9. The Bertz CT molecular complexity index is 1260. The van der Waals surface area contributed by atoms with Crippen LogP contribution in [0.5, 0.6) is 0 Å². The molecule has 0 aliphatic carbocycles. The largest absolute Gasteiger partial charge is 0.467 e. The Balaban J connectivity index is 1.64. The summed E-state index contributed by atoms with van der Waals surface area (Å²) in [5.41, 5.74) is 3.20. The topological polar surface area (TPSA) is 84.2 Å². The first-order chi connectivity index (χ1) is 15.0. The lowest BCUT2D eigenvalue weighted by molar-refractivity contribution is -0.111. The number of amides is 2. The molecule has 4 aromatic rings. The number of furan rings is 1. The van der Waals surface area contributed by atoms with Gasteiger partial charge in [0.25, 0.3) is 5.91 Å². The van der Waals surface area contributed by atoms with Crippen LogP contribution in [0.4, 0.5) is 5.69 Å². The van der Waals surface area contributed by atoms with Gasteiger partial charge in [-0.2, -0.15) is 0 Å². The maximum atomic E-state index is 12.9. The van der Waals surface area contributed by atoms with E-state index in [1.807, 2.05) is 50.2 Å². The number of benzene rings is 1. The van der Waals surface area contributed by atoms with Gasteiger partial charge in [0, 0.05) is 17.2 Å². The molecule has 3 aromatic heterocycles. The van der Waals surface area contributed by atoms with E-state index in [-0.39, 0.29) is 18.4 Å². The fraction of sp³-hybridized carbons (Fsp3) is 0.125. The van der Waals surface area contributed by atoms with Gasteiger partial charge in [-0.3, -0.25) is 9.59 Å². The summed E-state index contributed by atoms with van der Waals surface area (Å²) in [5, 5.41) is 6.53. The minimum atomic E-state index is -0.316. The number of fused-ring (bicyclic) bond motifs is 1. The van der Waals surface area contributed by atoms with Crippen LogP contribution in [0, 0.1) is 13.8 Å². The predicted molar refractivity (Wildman–Crippen MR) is 123 cm³/mol. The molecule has 0 atom stereocenters. The number of thiophene rings is 1. The van der Waals surface area contributed by atoms with Crippen molar-refractivity contribution >= 4 is 45.1 Å². The molecule has 0 aliphatic heterocycles. The molecule has 1 aromatic carbocycles. The Morgan fingerprint density at radius 1 is 1.13 bits per heavy atom. The quantitative estimate of drug-likeness (QED) is 0.417. The van der Waals surface area contributed by atoms with E-state index >= 15 is 0 Å². The third-order valence-electron chi connectivity index (χ3n) is 4.67. The number of nitrogens with zero attached hydrogens (tertiary/aromatic N) is 1. The van der Waals surface area contributed by atoms with Crippen molar-refractivity contribution in [3.63, 3.8) is 0 Å². The number of carbonyl (C=O) groups excluding carboxylic acids is 2. The predicted octanol–water partition coefficient (Wildman–Crippen LogP) is 5.09. The molecule has 0 aliphatic rings. The molecule has 0 fully saturated rings. The average Bonchev–Trinajstić information content (AvgIpc) is 3.39. The van der Waals surface area contributed by atoms with Gasteiger partial charge in [0.2, 0.25) is 5.91 Å². The fourth-order valence-corrected chi connectivity index (χ4v) is 4.45. The number of anilines is 1. The smallest absolute Gasteiger partial charge is 0.263 e. The molecule has 0 unspecified atom stereocenters. The van der Waals surface area contributed by atoms with Crippen LogP contribution in [0.25, 0.3) is 16.3 Å². The summed E-state index contributed by atoms with van der Waals surface area (Å²) in [6.07, 6.45) is 4.75. The summed E-state index contributed by atoms with van der Waals surface area (Å²) >= 11 is 1.26. The zero-order valence-corrected chi connectivity index (χ0v) is 18.0. The summed E-state index contributed by atoms with van der Waals surface area (Å²) in [6, 6.07) is 15.0. The van der Waals surface area contributed by atoms with Gasteiger partial charge >= 0.3 is 0 Å². The minimum absolute atomic E-state index is 0.257. The number of rotatable bonds is 6. The lowest BCUT2D eigenvalue weighted by Gasteiger charge is -2.07. The maximum Gasteiger partial charge on any atom is 0.263 e. The minimum Gasteiger partial charge on any atom is -0.467 e. The van der Waals surface area contributed by atoms with Crippen LogP contribution < -0.4 is 10.6 Å². The molecule has 7 heteroatoms. The summed E-state index contributed by atoms with van der Waals surface area (Å²) in [4.78, 5) is 31.3. The summed E-state index contributed by atoms with van der Waals surface area (Å²) in [7, 11) is 0. The second-order valence-corrected chi connectivity index (χ2v) is 8.06. The SMILES string of the molecule is Cc1cc(C)c2c(NC(=O)/C=C/c3ccccc3)c(C(=O)NCc3ccco3)sc2n1. The van der Waals surface area contributed by atoms with Gasteiger partial charge in [-0.15, -0.1) is 11.3 Å². The molecular weight excluding hydrogens is 410 g/mol. The van der Waals surface area contributed by atoms with E-state index in [0.717, 1.165) is 22.2 Å². The molecule has 4 rings (SSSR count). The van der Waals surface area contributed by atoms with Gasteiger partial charge in [-0.1, -0.05) is 30.3 Å². The number of pyridine rings is 1. The van der Waals surface area contributed by atoms with Crippen LogP contribution in [-0.4, -0.2) is 16.8 Å². The third-order valence-corrected chi connectivity index (χ3v) is 5.75. The number of carbonyl (C=O) groups is 2. The normalized spacial score (nSPS) is 11.2. The monoisotopic (exact) mass is 431 g/mol. The van der Waals surface area contributed by atoms with Crippen molar-refractivity contribution in [3.05, 3.63) is 88.3 Å². The fourth-order valence-electron chi connectivity index (χ4n) is 3.28. The molecule has 31 heavy (non-hydrogen) atoms. The van der Waals surface area contributed by atoms with Crippen molar-refractivity contribution in [2.24, 2.45) is 0 Å². The Labute approximate surface area is 183 Å². The van der Waals surface area contributed by atoms with Crippen LogP contribution in [0.2, 0.25) is 0 Å². The van der Waals surface area contributed by atoms with E-state index in [9.17, 15) is 9.59 Å². The lowest BCUT2D eigenvalue weighted by Crippen LogP contribution is -2.23. The average molecular weight is 432 g/mol. The molecule has 0 radical (unpaired) electrons. The molecule has 6 nitrogen and oxygen atoms in total. The highest BCUT2D eigenvalue weighted by Gasteiger charge is 2.22. The number of hydrogen-bond donors (Lipinski definition) is 2. The van der Waals surface area contributed by atoms with E-state index in [1.54, 1.807) is 24.5 Å². The lowest BCUT2D eigenvalue weighted by atomic mass is 10.1. The van der Waals surface area contributed by atoms with Crippen LogP contribution in [0.1, 0.15) is 32.3 Å². The number of aromatic nitrogens is 1. The Morgan fingerprint density at radius 2 is 1.94 bits per heavy atom. The second kappa shape index (κ2) is 8.97. The summed E-state index contributed by atoms with van der Waals surface area (Å²) in [5.74, 6) is 0.0402. The first-order valence-corrected chi connectivity index (χ1v) is 10.6. The highest BCUT2D eigenvalue weighted by Crippen LogP contribution is 2.37. The van der Waals surface area contributed by atoms with E-state index < -0.39 is 0 Å². The first-order valence-electron chi connectivity index (χ1n) is 9.76. The van der Waals surface area contributed by atoms with Crippen LogP contribution in [-0.2, 0) is 11.3 Å². The zero-order chi connectivity index (χ0) is 21.8. The standard InChI is InChI=1S/C24H21N3O3S/c1-15-13-16(2)26-24-20(15)21(27-19(28)11-10-17-7-4-3-5-8-17)22(31-24)23(29)25-14-18-9-6-12-30-18/h3-13H,14H2,1-2H3,(H,25,29)(H,27,28)/b11-10+. The van der Waals surface area contributed by atoms with Crippen molar-refractivity contribution in [2.75, 3.05) is 5.32 Å². The van der Waals surface area contributed by atoms with Gasteiger partial charge in [0.15, 0.2) is 0 Å². The van der Waals surface area contributed by atoms with Gasteiger partial charge in [0.05, 0.1) is 18.5 Å². The molecule has 0 saturated carbocycles. The van der Waals surface area contributed by atoms with Crippen molar-refractivity contribution < 1.29 is 14.0 Å². The zero-order valence-electron chi connectivity index (χ0n) is 17.1. The summed E-state index contributed by atoms with van der Waals surface area (Å²) in [6.45, 7) is 4.11. The van der Waals surface area contributed by atoms with Crippen molar-refractivity contribution in [1.29, 1.82) is 0 Å². The number of hydrogen-bond acceptors (Lipinski definition) is 5. The van der Waals surface area contributed by atoms with E-state index in [4.69, 9.17) is 4.42 Å². The Kier molecular flexibility index (Phi) is 5.95. The number of aryl methyl sites for hydroxylation is 2. The Morgan fingerprint density at radius 3 is 2.68 bits per heavy atom. The van der Waals surface area contributed by atoms with Crippen molar-refractivity contribution in [1.82, 2.24) is 10.3 Å². The van der Waals surface area contributed by atoms with Gasteiger partial charge in [-0.25, -0.2) is 4.98 Å². The van der Waals surface area contributed by atoms with Crippen LogP contribution >= 0.6 is 11.3 Å². The molecule has 0 bridgehead atoms. The molecule has 2 N–H and O–H groups in total. The molecule has 0 saturated heterocycles. The Hall–Kier alpha value is -3.71. The van der Waals surface area contributed by atoms with E-state index in [0.29, 0.717) is 21.2 Å². The van der Waals surface area contributed by atoms with E-state index in [2.05, 4.69) is 15.6 Å². The van der Waals surface area contributed by atoms with Gasteiger partial charge < -0.3 is 15.1 Å². The van der Waals surface area contributed by atoms with Crippen molar-refractivity contribution in [2.45, 2.75) is 20.4 Å².